The molecule has 1 atom stereocenters. The molecule has 4 rings (SSSR count). The molecule has 1 aromatic heterocycles. The molecule has 0 spiro atoms. The van der Waals surface area contributed by atoms with E-state index in [-0.39, 0.29) is 17.2 Å². The monoisotopic (exact) mass is 357 g/mol. The smallest absolute Gasteiger partial charge is 0.272 e. The van der Waals surface area contributed by atoms with Crippen molar-refractivity contribution < 1.29 is 18.3 Å². The number of carbonyl (C=O) groups is 1. The largest absolute Gasteiger partial charge is 0.381 e. The number of rotatable bonds is 4. The highest BCUT2D eigenvalue weighted by Gasteiger charge is 2.20. The predicted octanol–water partition coefficient (Wildman–Crippen LogP) is 3.27. The number of H-pyrrole nitrogens is 1. The third kappa shape index (κ3) is 3.06. The van der Waals surface area contributed by atoms with E-state index in [9.17, 15) is 13.6 Å². The molecular formula is C19H17F2N3O2. The molecule has 7 heteroatoms. The molecule has 26 heavy (non-hydrogen) atoms. The van der Waals surface area contributed by atoms with Crippen LogP contribution in [0.15, 0.2) is 36.4 Å². The Morgan fingerprint density at radius 1 is 1.31 bits per heavy atom. The molecule has 1 aliphatic heterocycles. The van der Waals surface area contributed by atoms with Crippen molar-refractivity contribution in [3.8, 4) is 11.1 Å². The van der Waals surface area contributed by atoms with E-state index in [1.807, 2.05) is 0 Å². The number of hydrogen-bond acceptors (Lipinski definition) is 3. The number of amides is 1. The van der Waals surface area contributed by atoms with Gasteiger partial charge >= 0.3 is 0 Å². The quantitative estimate of drug-likeness (QED) is 0.753. The van der Waals surface area contributed by atoms with Crippen LogP contribution in [0.25, 0.3) is 22.0 Å². The van der Waals surface area contributed by atoms with E-state index >= 15 is 0 Å². The molecular weight excluding hydrogens is 340 g/mol. The molecule has 1 amide bonds. The van der Waals surface area contributed by atoms with Gasteiger partial charge in [-0.2, -0.15) is 5.10 Å². The van der Waals surface area contributed by atoms with Gasteiger partial charge in [0.25, 0.3) is 5.91 Å². The highest BCUT2D eigenvalue weighted by atomic mass is 19.2. The zero-order valence-electron chi connectivity index (χ0n) is 13.9. The van der Waals surface area contributed by atoms with Gasteiger partial charge in [0.2, 0.25) is 0 Å². The third-order valence-electron chi connectivity index (χ3n) is 4.62. The van der Waals surface area contributed by atoms with Crippen LogP contribution in [0, 0.1) is 17.6 Å². The number of benzene rings is 2. The molecule has 3 aromatic rings. The maximum Gasteiger partial charge on any atom is 0.272 e. The molecule has 2 aromatic carbocycles. The maximum atomic E-state index is 14.1. The van der Waals surface area contributed by atoms with Gasteiger partial charge in [-0.15, -0.1) is 0 Å². The van der Waals surface area contributed by atoms with Gasteiger partial charge in [-0.3, -0.25) is 9.89 Å². The Balaban J connectivity index is 1.64. The van der Waals surface area contributed by atoms with E-state index in [2.05, 4.69) is 15.5 Å². The SMILES string of the molecule is O=C(NC[C@@H]1CCOC1)c1n[nH]c2ccc(-c3cccc(F)c3F)cc12. The normalized spacial score (nSPS) is 16.9. The van der Waals surface area contributed by atoms with Crippen molar-refractivity contribution in [2.24, 2.45) is 5.92 Å². The second kappa shape index (κ2) is 6.84. The number of ether oxygens (including phenoxy) is 1. The number of carbonyl (C=O) groups excluding carboxylic acids is 1. The van der Waals surface area contributed by atoms with E-state index in [0.29, 0.717) is 42.1 Å². The second-order valence-electron chi connectivity index (χ2n) is 6.37. The fraction of sp³-hybridized carbons (Fsp3) is 0.263. The highest BCUT2D eigenvalue weighted by Crippen LogP contribution is 2.28. The number of hydrogen-bond donors (Lipinski definition) is 2. The fourth-order valence-electron chi connectivity index (χ4n) is 3.15. The van der Waals surface area contributed by atoms with E-state index in [1.165, 1.54) is 12.1 Å². The van der Waals surface area contributed by atoms with Gasteiger partial charge in [0.05, 0.1) is 12.1 Å². The minimum Gasteiger partial charge on any atom is -0.381 e. The molecule has 2 N–H and O–H groups in total. The Morgan fingerprint density at radius 2 is 2.19 bits per heavy atom. The molecule has 1 fully saturated rings. The van der Waals surface area contributed by atoms with Crippen LogP contribution in [0.5, 0.6) is 0 Å². The lowest BCUT2D eigenvalue weighted by molar-refractivity contribution is 0.0941. The summed E-state index contributed by atoms with van der Waals surface area (Å²) < 4.78 is 32.9. The Kier molecular flexibility index (Phi) is 4.38. The summed E-state index contributed by atoms with van der Waals surface area (Å²) in [6.45, 7) is 1.88. The van der Waals surface area contributed by atoms with E-state index in [0.717, 1.165) is 12.5 Å². The summed E-state index contributed by atoms with van der Waals surface area (Å²) in [5.41, 5.74) is 1.51. The van der Waals surface area contributed by atoms with E-state index in [4.69, 9.17) is 4.74 Å². The van der Waals surface area contributed by atoms with Gasteiger partial charge in [0, 0.05) is 30.0 Å². The van der Waals surface area contributed by atoms with Crippen molar-refractivity contribution in [2.45, 2.75) is 6.42 Å². The standard InChI is InChI=1S/C19H17F2N3O2/c20-15-3-1-2-13(17(15)21)12-4-5-16-14(8-12)18(24-23-16)19(25)22-9-11-6-7-26-10-11/h1-5,8,11H,6-7,9-10H2,(H,22,25)(H,23,24)/t11-/m0/s1. The van der Waals surface area contributed by atoms with Crippen molar-refractivity contribution >= 4 is 16.8 Å². The summed E-state index contributed by atoms with van der Waals surface area (Å²) in [5.74, 6) is -1.82. The van der Waals surface area contributed by atoms with Crippen molar-refractivity contribution in [2.75, 3.05) is 19.8 Å². The Hall–Kier alpha value is -2.80. The van der Waals surface area contributed by atoms with Crippen LogP contribution in [0.4, 0.5) is 8.78 Å². The molecule has 0 saturated carbocycles. The molecule has 1 saturated heterocycles. The first-order valence-corrected chi connectivity index (χ1v) is 8.42. The second-order valence-corrected chi connectivity index (χ2v) is 6.37. The van der Waals surface area contributed by atoms with Crippen molar-refractivity contribution in [1.82, 2.24) is 15.5 Å². The molecule has 0 unspecified atom stereocenters. The highest BCUT2D eigenvalue weighted by molar-refractivity contribution is 6.05. The van der Waals surface area contributed by atoms with Crippen molar-refractivity contribution in [3.05, 3.63) is 53.7 Å². The van der Waals surface area contributed by atoms with Gasteiger partial charge in [-0.25, -0.2) is 8.78 Å². The Bertz CT molecular complexity index is 965. The minimum absolute atomic E-state index is 0.141. The summed E-state index contributed by atoms with van der Waals surface area (Å²) >= 11 is 0. The number of halogens is 2. The zero-order chi connectivity index (χ0) is 18.1. The van der Waals surface area contributed by atoms with Crippen LogP contribution in [0.1, 0.15) is 16.9 Å². The lowest BCUT2D eigenvalue weighted by Gasteiger charge is -2.08. The van der Waals surface area contributed by atoms with Crippen molar-refractivity contribution in [1.29, 1.82) is 0 Å². The van der Waals surface area contributed by atoms with Crippen LogP contribution in [0.2, 0.25) is 0 Å². The molecule has 134 valence electrons. The lowest BCUT2D eigenvalue weighted by atomic mass is 10.0. The average Bonchev–Trinajstić information content (AvgIpc) is 3.31. The summed E-state index contributed by atoms with van der Waals surface area (Å²) in [5, 5.41) is 10.3. The average molecular weight is 357 g/mol. The fourth-order valence-corrected chi connectivity index (χ4v) is 3.15. The van der Waals surface area contributed by atoms with Crippen LogP contribution in [0.3, 0.4) is 0 Å². The lowest BCUT2D eigenvalue weighted by Crippen LogP contribution is -2.29. The molecule has 1 aliphatic rings. The summed E-state index contributed by atoms with van der Waals surface area (Å²) in [6, 6.07) is 9.02. The van der Waals surface area contributed by atoms with Crippen molar-refractivity contribution in [3.63, 3.8) is 0 Å². The third-order valence-corrected chi connectivity index (χ3v) is 4.62. The van der Waals surface area contributed by atoms with Gasteiger partial charge in [-0.05, 0) is 30.2 Å². The zero-order valence-corrected chi connectivity index (χ0v) is 13.9. The number of fused-ring (bicyclic) bond motifs is 1. The van der Waals surface area contributed by atoms with Crippen LogP contribution in [-0.4, -0.2) is 35.9 Å². The molecule has 5 nitrogen and oxygen atoms in total. The Morgan fingerprint density at radius 3 is 3.00 bits per heavy atom. The summed E-state index contributed by atoms with van der Waals surface area (Å²) in [7, 11) is 0. The number of nitrogens with zero attached hydrogens (tertiary/aromatic N) is 1. The number of aromatic amines is 1. The Labute approximate surface area is 148 Å². The van der Waals surface area contributed by atoms with E-state index in [1.54, 1.807) is 18.2 Å². The first kappa shape index (κ1) is 16.7. The minimum atomic E-state index is -0.914. The van der Waals surface area contributed by atoms with E-state index < -0.39 is 11.6 Å². The van der Waals surface area contributed by atoms with Crippen LogP contribution >= 0.6 is 0 Å². The summed E-state index contributed by atoms with van der Waals surface area (Å²) in [4.78, 5) is 12.5. The maximum absolute atomic E-state index is 14.1. The topological polar surface area (TPSA) is 67.0 Å². The molecule has 2 heterocycles. The van der Waals surface area contributed by atoms with Crippen LogP contribution in [-0.2, 0) is 4.74 Å². The predicted molar refractivity (Wildman–Crippen MR) is 92.7 cm³/mol. The number of aromatic nitrogens is 2. The van der Waals surface area contributed by atoms with Gasteiger partial charge < -0.3 is 10.1 Å². The first-order chi connectivity index (χ1) is 12.6. The molecule has 0 bridgehead atoms. The molecule has 0 aliphatic carbocycles. The van der Waals surface area contributed by atoms with Gasteiger partial charge in [-0.1, -0.05) is 18.2 Å². The van der Waals surface area contributed by atoms with Gasteiger partial charge in [0.1, 0.15) is 0 Å². The van der Waals surface area contributed by atoms with Crippen LogP contribution < -0.4 is 5.32 Å². The number of nitrogens with one attached hydrogen (secondary N) is 2. The van der Waals surface area contributed by atoms with Gasteiger partial charge in [0.15, 0.2) is 17.3 Å². The molecule has 0 radical (unpaired) electrons. The summed E-state index contributed by atoms with van der Waals surface area (Å²) in [6.07, 6.45) is 0.921. The first-order valence-electron chi connectivity index (χ1n) is 8.42.